The zero-order valence-corrected chi connectivity index (χ0v) is 80.4. The average Bonchev–Trinajstić information content (AvgIpc) is 1.58. The molecule has 1 saturated carbocycles. The zero-order valence-electron chi connectivity index (χ0n) is 80.4. The van der Waals surface area contributed by atoms with Gasteiger partial charge in [-0.15, -0.1) is 0 Å². The standard InChI is InChI=1S/C99H127FN12O31/c1-4-99(127)70-48-76-84-68(55-112(76)93(122)69(70)57-140-96(99)125)83-72(19-18-65-60(2)71(100)49-73(104-84)82(65)83)106-97(126)141-56-61-17-20-77(142-95-89(119)87(117)88(118)90(143-95)94(123)124)63(47-61)52-102-78(113)21-23-101-92(121)74(53-103-79(114)22-24-129-27-28-131-31-32-133-35-36-135-39-40-137-43-44-139-46-45-138-42-41-136-38-37-134-34-33-132-30-29-130-26-25-128-3)105-91(120)64-50-98(51-64)58-110(59-98)80(115)15-9-10-16-81(116)111-54-62-11-5-6-12-66(62)85-86(108-109-107-85)67-13-7-8-14-75(67)111/h5-8,11-14,17,20,47-49,64,72,74,87-90,95,117-119,127H,4,9-10,15-16,18-19,21-46,50-59H2,1-3H3,(H,101,121)(H,102,113)(H,103,114)(H,105,120)(H,106,126)(H,123,124)(H,107,108,109). The number of para-hydroxylation sites is 1. The summed E-state index contributed by atoms with van der Waals surface area (Å²) in [6.07, 6.45) is -8.92. The van der Waals surface area contributed by atoms with Gasteiger partial charge in [0.1, 0.15) is 60.5 Å². The summed E-state index contributed by atoms with van der Waals surface area (Å²) in [5.41, 5.74) is 5.05. The van der Waals surface area contributed by atoms with E-state index in [4.69, 9.17) is 80.8 Å². The Bertz CT molecular complexity index is 5620. The molecule has 3 aromatic heterocycles. The fraction of sp³-hybridized carbons (Fsp3) is 0.566. The molecule has 7 aliphatic rings. The second kappa shape index (κ2) is 52.3. The third kappa shape index (κ3) is 27.6. The number of benzene rings is 4. The summed E-state index contributed by atoms with van der Waals surface area (Å²) in [7, 11) is 1.62. The first-order chi connectivity index (χ1) is 69.4. The van der Waals surface area contributed by atoms with E-state index in [2.05, 4.69) is 42.0 Å². The summed E-state index contributed by atoms with van der Waals surface area (Å²) in [5, 5.41) is 79.8. The zero-order chi connectivity index (χ0) is 101. The van der Waals surface area contributed by atoms with Crippen molar-refractivity contribution in [1.82, 2.24) is 56.4 Å². The number of aliphatic hydroxyl groups excluding tert-OH is 3. The van der Waals surface area contributed by atoms with Gasteiger partial charge in [0, 0.05) is 116 Å². The van der Waals surface area contributed by atoms with Crippen LogP contribution in [0.1, 0.15) is 127 Å². The van der Waals surface area contributed by atoms with Gasteiger partial charge < -0.3 is 142 Å². The third-order valence-corrected chi connectivity index (χ3v) is 26.2. The molecule has 43 nitrogen and oxygen atoms in total. The number of hydrogen-bond acceptors (Lipinski definition) is 33. The van der Waals surface area contributed by atoms with Crippen LogP contribution >= 0.6 is 0 Å². The number of amides is 7. The third-order valence-electron chi connectivity index (χ3n) is 26.2. The lowest BCUT2D eigenvalue weighted by molar-refractivity contribution is -0.271. The van der Waals surface area contributed by atoms with Crippen LogP contribution in [0.4, 0.5) is 14.9 Å². The summed E-state index contributed by atoms with van der Waals surface area (Å²) in [4.78, 5) is 146. The first kappa shape index (κ1) is 107. The van der Waals surface area contributed by atoms with E-state index >= 15 is 4.39 Å². The fourth-order valence-electron chi connectivity index (χ4n) is 18.5. The number of H-pyrrole nitrogens is 1. The van der Waals surface area contributed by atoms with Gasteiger partial charge in [0.2, 0.25) is 41.7 Å². The Labute approximate surface area is 823 Å². The molecule has 0 bridgehead atoms. The number of aromatic nitrogens is 5. The highest BCUT2D eigenvalue weighted by Crippen LogP contribution is 2.53. The van der Waals surface area contributed by atoms with Crippen molar-refractivity contribution in [3.05, 3.63) is 145 Å². The number of ether oxygens (including phenoxy) is 16. The number of methoxy groups -OCH3 is 1. The van der Waals surface area contributed by atoms with Gasteiger partial charge in [-0.1, -0.05) is 55.5 Å². The predicted molar refractivity (Wildman–Crippen MR) is 504 cm³/mol. The highest BCUT2D eigenvalue weighted by molar-refractivity contribution is 6.00. The minimum atomic E-state index is -2.13. The number of rotatable bonds is 58. The van der Waals surface area contributed by atoms with Crippen molar-refractivity contribution >= 4 is 70.1 Å². The Morgan fingerprint density at radius 1 is 0.629 bits per heavy atom. The van der Waals surface area contributed by atoms with Crippen LogP contribution < -0.4 is 41.8 Å². The number of anilines is 1. The van der Waals surface area contributed by atoms with Crippen molar-refractivity contribution in [2.75, 3.05) is 190 Å². The maximum atomic E-state index is 15.8. The number of aromatic amines is 1. The lowest BCUT2D eigenvalue weighted by Crippen LogP contribution is -2.66. The van der Waals surface area contributed by atoms with Crippen LogP contribution in [0.5, 0.6) is 5.75 Å². The summed E-state index contributed by atoms with van der Waals surface area (Å²) < 4.78 is 106. The molecule has 7 aromatic rings. The molecule has 2 aliphatic carbocycles. The predicted octanol–water partition coefficient (Wildman–Crippen LogP) is 3.45. The second-order valence-corrected chi connectivity index (χ2v) is 35.8. The quantitative estimate of drug-likeness (QED) is 0.0192. The number of esters is 1. The maximum Gasteiger partial charge on any atom is 0.407 e. The van der Waals surface area contributed by atoms with E-state index in [1.165, 1.54) is 34.9 Å². The van der Waals surface area contributed by atoms with Gasteiger partial charge in [-0.2, -0.15) is 15.4 Å². The number of carbonyl (C=O) groups excluding carboxylic acids is 8. The SMILES string of the molecule is CCC1(O)C(=O)OCc2c1cc1n(c2=O)Cc2c-1nc1cc(F)c(C)c3c1c2C(NC(=O)OCc1ccc(OC2OC(C(=O)O)C(O)C(O)C2O)c(CNC(=O)CCNC(=O)C(CNC(=O)CCOCCOCCOCCOCCOCCOCCOCCOCCOCCOCCOCCOC)NC(=O)C2CC4(C2)CN(C(=O)CCCCC(=O)N2Cc5ccccc5-c5n[nH]nc5-c5ccccc52)C4)c1)CC3. The van der Waals surface area contributed by atoms with Crippen molar-refractivity contribution in [2.24, 2.45) is 11.3 Å². The molecule has 4 aromatic carbocycles. The topological polar surface area (TPSA) is 546 Å². The summed E-state index contributed by atoms with van der Waals surface area (Å²) in [5.74, 6) is -6.40. The molecule has 8 unspecified atom stereocenters. The lowest BCUT2D eigenvalue weighted by Gasteiger charge is -2.58. The number of hydrogen-bond donors (Lipinski definition) is 11. The van der Waals surface area contributed by atoms with Crippen LogP contribution in [0.3, 0.4) is 0 Å². The number of alkyl carbamates (subject to hydrolysis) is 1. The molecule has 11 N–H and O–H groups in total. The number of carbonyl (C=O) groups is 9. The van der Waals surface area contributed by atoms with Gasteiger partial charge in [0.25, 0.3) is 5.56 Å². The van der Waals surface area contributed by atoms with E-state index < -0.39 is 114 Å². The van der Waals surface area contributed by atoms with Gasteiger partial charge in [-0.05, 0) is 104 Å². The van der Waals surface area contributed by atoms with Crippen molar-refractivity contribution in [3.63, 3.8) is 0 Å². The Balaban J connectivity index is 0.530. The van der Waals surface area contributed by atoms with Crippen LogP contribution in [-0.2, 0) is 154 Å². The number of pyridine rings is 2. The monoisotopic (exact) mass is 2000 g/mol. The van der Waals surface area contributed by atoms with E-state index in [1.54, 1.807) is 30.8 Å². The van der Waals surface area contributed by atoms with E-state index in [9.17, 15) is 73.5 Å². The number of aliphatic carboxylic acids is 1. The van der Waals surface area contributed by atoms with E-state index in [1.807, 2.05) is 48.5 Å². The summed E-state index contributed by atoms with van der Waals surface area (Å²) in [6.45, 7) is 11.3. The molecule has 2 saturated heterocycles. The van der Waals surface area contributed by atoms with Gasteiger partial charge in [-0.3, -0.25) is 33.6 Å². The molecule has 8 atom stereocenters. The molecule has 14 rings (SSSR count). The van der Waals surface area contributed by atoms with Crippen LogP contribution in [0.15, 0.2) is 83.7 Å². The Morgan fingerprint density at radius 3 is 1.83 bits per heavy atom. The van der Waals surface area contributed by atoms with E-state index in [-0.39, 0.29) is 160 Å². The number of carboxylic acids is 1. The van der Waals surface area contributed by atoms with Gasteiger partial charge in [0.05, 0.1) is 199 Å². The largest absolute Gasteiger partial charge is 0.479 e. The molecule has 5 aliphatic heterocycles. The number of nitrogens with one attached hydrogen (secondary N) is 6. The average molecular weight is 2000 g/mol. The lowest BCUT2D eigenvalue weighted by atomic mass is 9.57. The molecular formula is C99H127FN12O31. The smallest absolute Gasteiger partial charge is 0.407 e. The van der Waals surface area contributed by atoms with Crippen molar-refractivity contribution in [3.8, 4) is 39.7 Å². The summed E-state index contributed by atoms with van der Waals surface area (Å²) in [6, 6.07) is 20.2. The van der Waals surface area contributed by atoms with E-state index in [0.717, 1.165) is 16.7 Å². The van der Waals surface area contributed by atoms with Crippen molar-refractivity contribution < 1.29 is 149 Å². The molecular weight excluding hydrogens is 1870 g/mol. The van der Waals surface area contributed by atoms with Crippen LogP contribution in [0, 0.1) is 24.1 Å². The Kier molecular flexibility index (Phi) is 39.2. The van der Waals surface area contributed by atoms with E-state index in [0.29, 0.717) is 222 Å². The fourth-order valence-corrected chi connectivity index (χ4v) is 18.5. The van der Waals surface area contributed by atoms with Crippen molar-refractivity contribution in [2.45, 2.75) is 166 Å². The number of carboxylic acid groups (broad SMARTS) is 1. The Morgan fingerprint density at radius 2 is 1.21 bits per heavy atom. The van der Waals surface area contributed by atoms with Crippen LogP contribution in [0.2, 0.25) is 0 Å². The first-order valence-electron chi connectivity index (χ1n) is 48.4. The maximum absolute atomic E-state index is 15.8. The number of nitrogens with zero attached hydrogens (tertiary/aromatic N) is 6. The molecule has 3 fully saturated rings. The van der Waals surface area contributed by atoms with Crippen molar-refractivity contribution in [1.29, 1.82) is 0 Å². The highest BCUT2D eigenvalue weighted by Gasteiger charge is 2.56. The number of cyclic esters (lactones) is 1. The summed E-state index contributed by atoms with van der Waals surface area (Å²) >= 11 is 0. The molecule has 7 amide bonds. The van der Waals surface area contributed by atoms with Gasteiger partial charge in [-0.25, -0.2) is 23.8 Å². The highest BCUT2D eigenvalue weighted by atomic mass is 19.1. The Hall–Kier alpha value is -11.5. The van der Waals surface area contributed by atoms with Crippen LogP contribution in [0.25, 0.3) is 44.8 Å². The normalized spacial score (nSPS) is 19.1. The van der Waals surface area contributed by atoms with Gasteiger partial charge in [0.15, 0.2) is 11.7 Å². The number of aliphatic hydroxyl groups is 4. The van der Waals surface area contributed by atoms with Gasteiger partial charge >= 0.3 is 18.0 Å². The first-order valence-corrected chi connectivity index (χ1v) is 48.4. The number of fused-ring (bicyclic) bond motifs is 10. The number of halogens is 1. The second-order valence-electron chi connectivity index (χ2n) is 35.8. The minimum absolute atomic E-state index is 0.0197. The molecule has 1 spiro atoms. The molecule has 143 heavy (non-hydrogen) atoms. The van der Waals surface area contributed by atoms with Crippen LogP contribution in [-0.4, -0.2) is 331 Å². The molecule has 0 radical (unpaired) electrons. The number of aryl methyl sites for hydroxylation is 1. The minimum Gasteiger partial charge on any atom is -0.479 e. The number of likely N-dealkylation sites (tertiary alicyclic amines) is 1. The molecule has 8 heterocycles. The molecule has 44 heteroatoms. The number of unbranched alkanes of at least 4 members (excludes halogenated alkanes) is 1. The molecule has 776 valence electrons.